The average Bonchev–Trinajstić information content (AvgIpc) is 3.07. The maximum atomic E-state index is 12.4. The summed E-state index contributed by atoms with van der Waals surface area (Å²) < 4.78 is 1.60. The van der Waals surface area contributed by atoms with Crippen LogP contribution in [0.1, 0.15) is 25.8 Å². The summed E-state index contributed by atoms with van der Waals surface area (Å²) in [6, 6.07) is 1.72. The van der Waals surface area contributed by atoms with Gasteiger partial charge >= 0.3 is 0 Å². The number of carbonyl (C=O) groups excluding carboxylic acids is 2. The highest BCUT2D eigenvalue weighted by atomic mass is 35.5. The van der Waals surface area contributed by atoms with E-state index in [2.05, 4.69) is 10.4 Å². The fraction of sp³-hybridized carbons (Fsp3) is 0.667. The lowest BCUT2D eigenvalue weighted by molar-refractivity contribution is -0.141. The summed E-state index contributed by atoms with van der Waals surface area (Å²) in [5.74, 6) is -0.109. The van der Waals surface area contributed by atoms with Gasteiger partial charge in [-0.3, -0.25) is 14.3 Å². The highest BCUT2D eigenvalue weighted by molar-refractivity contribution is 5.86. The third kappa shape index (κ3) is 5.65. The standard InChI is InChI=1S/C15H25N5O2.2ClH/c1-12(20-9-5-7-17-20)15(22)18(3)11-14(21)19-8-4-6-13(10-19)16-2;;/h5,7,9,12-13,16H,4,6,8,10-11H2,1-3H3;2*1H. The third-order valence-electron chi connectivity index (χ3n) is 4.21. The zero-order chi connectivity index (χ0) is 16.1. The molecule has 7 nitrogen and oxygen atoms in total. The molecule has 0 spiro atoms. The Hall–Kier alpha value is -1.31. The first kappa shape index (κ1) is 22.7. The molecule has 1 aliphatic rings. The largest absolute Gasteiger partial charge is 0.340 e. The monoisotopic (exact) mass is 379 g/mol. The van der Waals surface area contributed by atoms with Gasteiger partial charge in [0.25, 0.3) is 0 Å². The highest BCUT2D eigenvalue weighted by Crippen LogP contribution is 2.11. The molecule has 138 valence electrons. The van der Waals surface area contributed by atoms with Crippen LogP contribution in [0.25, 0.3) is 0 Å². The van der Waals surface area contributed by atoms with Crippen LogP contribution in [0.2, 0.25) is 0 Å². The molecule has 24 heavy (non-hydrogen) atoms. The van der Waals surface area contributed by atoms with Crippen LogP contribution in [0, 0.1) is 0 Å². The first-order valence-corrected chi connectivity index (χ1v) is 7.72. The van der Waals surface area contributed by atoms with Gasteiger partial charge in [0, 0.05) is 38.6 Å². The molecule has 1 aromatic rings. The van der Waals surface area contributed by atoms with Crippen molar-refractivity contribution in [1.29, 1.82) is 0 Å². The number of piperidine rings is 1. The molecule has 1 fully saturated rings. The summed E-state index contributed by atoms with van der Waals surface area (Å²) in [6.07, 6.45) is 5.48. The number of carbonyl (C=O) groups is 2. The Morgan fingerprint density at radius 1 is 1.42 bits per heavy atom. The van der Waals surface area contributed by atoms with Crippen LogP contribution >= 0.6 is 24.8 Å². The van der Waals surface area contributed by atoms with Crippen molar-refractivity contribution in [2.24, 2.45) is 0 Å². The van der Waals surface area contributed by atoms with Gasteiger partial charge < -0.3 is 15.1 Å². The highest BCUT2D eigenvalue weighted by Gasteiger charge is 2.26. The molecular weight excluding hydrogens is 353 g/mol. The van der Waals surface area contributed by atoms with Crippen molar-refractivity contribution in [3.8, 4) is 0 Å². The number of rotatable bonds is 5. The van der Waals surface area contributed by atoms with E-state index in [4.69, 9.17) is 0 Å². The predicted octanol–water partition coefficient (Wildman–Crippen LogP) is 0.957. The smallest absolute Gasteiger partial charge is 0.247 e. The average molecular weight is 380 g/mol. The summed E-state index contributed by atoms with van der Waals surface area (Å²) in [4.78, 5) is 28.1. The molecule has 1 aliphatic heterocycles. The molecule has 2 amide bonds. The molecule has 0 bridgehead atoms. The van der Waals surface area contributed by atoms with Gasteiger partial charge in [-0.15, -0.1) is 24.8 Å². The van der Waals surface area contributed by atoms with E-state index in [0.717, 1.165) is 19.4 Å². The number of likely N-dealkylation sites (N-methyl/N-ethyl adjacent to an activating group) is 2. The second-order valence-corrected chi connectivity index (χ2v) is 5.82. The second kappa shape index (κ2) is 10.5. The fourth-order valence-corrected chi connectivity index (χ4v) is 2.76. The van der Waals surface area contributed by atoms with E-state index < -0.39 is 6.04 Å². The van der Waals surface area contributed by atoms with E-state index in [0.29, 0.717) is 12.6 Å². The Bertz CT molecular complexity index is 512. The van der Waals surface area contributed by atoms with Crippen molar-refractivity contribution in [3.05, 3.63) is 18.5 Å². The molecule has 1 aromatic heterocycles. The summed E-state index contributed by atoms with van der Waals surface area (Å²) in [5.41, 5.74) is 0. The van der Waals surface area contributed by atoms with Gasteiger partial charge in [0.2, 0.25) is 11.8 Å². The number of hydrogen-bond acceptors (Lipinski definition) is 4. The minimum absolute atomic E-state index is 0. The molecule has 1 saturated heterocycles. The number of halogens is 2. The first-order chi connectivity index (χ1) is 10.5. The molecule has 2 heterocycles. The number of amides is 2. The zero-order valence-corrected chi connectivity index (χ0v) is 16.0. The molecule has 1 N–H and O–H groups in total. The van der Waals surface area contributed by atoms with Crippen molar-refractivity contribution in [3.63, 3.8) is 0 Å². The summed E-state index contributed by atoms with van der Waals surface area (Å²) in [5, 5.41) is 7.29. The van der Waals surface area contributed by atoms with Gasteiger partial charge in [-0.1, -0.05) is 0 Å². The van der Waals surface area contributed by atoms with Crippen LogP contribution in [0.3, 0.4) is 0 Å². The van der Waals surface area contributed by atoms with E-state index >= 15 is 0 Å². The van der Waals surface area contributed by atoms with Crippen LogP contribution in [0.5, 0.6) is 0 Å². The Morgan fingerprint density at radius 3 is 2.71 bits per heavy atom. The molecular formula is C15H27Cl2N5O2. The maximum Gasteiger partial charge on any atom is 0.247 e. The minimum atomic E-state index is -0.404. The normalized spacial score (nSPS) is 18.1. The van der Waals surface area contributed by atoms with Crippen LogP contribution in [-0.2, 0) is 9.59 Å². The Morgan fingerprint density at radius 2 is 2.12 bits per heavy atom. The van der Waals surface area contributed by atoms with Gasteiger partial charge in [0.05, 0.1) is 6.54 Å². The molecule has 2 rings (SSSR count). The van der Waals surface area contributed by atoms with Gasteiger partial charge in [0.1, 0.15) is 6.04 Å². The second-order valence-electron chi connectivity index (χ2n) is 5.82. The Balaban J connectivity index is 0.00000264. The number of nitrogens with one attached hydrogen (secondary N) is 1. The van der Waals surface area contributed by atoms with Crippen molar-refractivity contribution >= 4 is 36.6 Å². The van der Waals surface area contributed by atoms with Crippen molar-refractivity contribution in [2.45, 2.75) is 31.8 Å². The summed E-state index contributed by atoms with van der Waals surface area (Å²) >= 11 is 0. The maximum absolute atomic E-state index is 12.4. The van der Waals surface area contributed by atoms with Gasteiger partial charge in [-0.05, 0) is 32.9 Å². The van der Waals surface area contributed by atoms with Crippen LogP contribution in [0.15, 0.2) is 18.5 Å². The van der Waals surface area contributed by atoms with Crippen molar-refractivity contribution < 1.29 is 9.59 Å². The predicted molar refractivity (Wildman–Crippen MR) is 97.7 cm³/mol. The molecule has 0 aromatic carbocycles. The molecule has 2 unspecified atom stereocenters. The molecule has 0 radical (unpaired) electrons. The number of likely N-dealkylation sites (tertiary alicyclic amines) is 1. The van der Waals surface area contributed by atoms with E-state index in [1.54, 1.807) is 37.1 Å². The molecule has 0 saturated carbocycles. The zero-order valence-electron chi connectivity index (χ0n) is 14.3. The quantitative estimate of drug-likeness (QED) is 0.826. The van der Waals surface area contributed by atoms with Crippen molar-refractivity contribution in [2.75, 3.05) is 33.7 Å². The minimum Gasteiger partial charge on any atom is -0.340 e. The van der Waals surface area contributed by atoms with Crippen LogP contribution in [-0.4, -0.2) is 71.2 Å². The lowest BCUT2D eigenvalue weighted by Gasteiger charge is -2.33. The fourth-order valence-electron chi connectivity index (χ4n) is 2.76. The van der Waals surface area contributed by atoms with Crippen molar-refractivity contribution in [1.82, 2.24) is 24.9 Å². The summed E-state index contributed by atoms with van der Waals surface area (Å²) in [7, 11) is 3.58. The van der Waals surface area contributed by atoms with Gasteiger partial charge in [0.15, 0.2) is 0 Å². The Kier molecular flexibility index (Phi) is 9.96. The number of nitrogens with zero attached hydrogens (tertiary/aromatic N) is 4. The van der Waals surface area contributed by atoms with E-state index in [1.165, 1.54) is 4.90 Å². The van der Waals surface area contributed by atoms with E-state index in [1.807, 2.05) is 11.9 Å². The third-order valence-corrected chi connectivity index (χ3v) is 4.21. The van der Waals surface area contributed by atoms with Crippen LogP contribution in [0.4, 0.5) is 0 Å². The molecule has 9 heteroatoms. The molecule has 0 aliphatic carbocycles. The SMILES string of the molecule is CNC1CCCN(C(=O)CN(C)C(=O)C(C)n2cccn2)C1.Cl.Cl. The van der Waals surface area contributed by atoms with E-state index in [9.17, 15) is 9.59 Å². The molecule has 2 atom stereocenters. The number of hydrogen-bond donors (Lipinski definition) is 1. The lowest BCUT2D eigenvalue weighted by atomic mass is 10.1. The number of aromatic nitrogens is 2. The summed E-state index contributed by atoms with van der Waals surface area (Å²) in [6.45, 7) is 3.38. The lowest BCUT2D eigenvalue weighted by Crippen LogP contribution is -2.50. The van der Waals surface area contributed by atoms with Gasteiger partial charge in [-0.25, -0.2) is 0 Å². The topological polar surface area (TPSA) is 70.5 Å². The van der Waals surface area contributed by atoms with E-state index in [-0.39, 0.29) is 43.2 Å². The van der Waals surface area contributed by atoms with Crippen LogP contribution < -0.4 is 5.32 Å². The Labute approximate surface area is 155 Å². The van der Waals surface area contributed by atoms with Gasteiger partial charge in [-0.2, -0.15) is 5.10 Å². The first-order valence-electron chi connectivity index (χ1n) is 7.72.